The van der Waals surface area contributed by atoms with Crippen molar-refractivity contribution in [1.29, 1.82) is 0 Å². The number of nitrogens with zero attached hydrogens (tertiary/aromatic N) is 2. The Morgan fingerprint density at radius 3 is 3.08 bits per heavy atom. The average molecular weight is 168 g/mol. The van der Waals surface area contributed by atoms with Crippen LogP contribution >= 0.6 is 0 Å². The maximum Gasteiger partial charge on any atom is 0.356 e. The van der Waals surface area contributed by atoms with Gasteiger partial charge < -0.3 is 9.84 Å². The minimum absolute atomic E-state index is 0.00996. The minimum atomic E-state index is -1.04. The molecule has 0 atom stereocenters. The smallest absolute Gasteiger partial charge is 0.356 e. The van der Waals surface area contributed by atoms with Crippen LogP contribution in [-0.4, -0.2) is 28.0 Å². The van der Waals surface area contributed by atoms with E-state index in [1.807, 2.05) is 0 Å². The fourth-order valence-electron chi connectivity index (χ4n) is 0.658. The first-order valence-corrected chi connectivity index (χ1v) is 3.22. The summed E-state index contributed by atoms with van der Waals surface area (Å²) in [6.45, 7) is 0. The molecule has 0 aliphatic rings. The number of carboxylic acids is 1. The molecule has 12 heavy (non-hydrogen) atoms. The molecule has 0 aromatic carbocycles. The van der Waals surface area contributed by atoms with E-state index in [0.29, 0.717) is 0 Å². The number of aromatic carboxylic acids is 1. The van der Waals surface area contributed by atoms with Crippen LogP contribution in [0.25, 0.3) is 6.20 Å². The molecule has 1 aromatic heterocycles. The number of aromatic nitrogens is 2. The monoisotopic (exact) mass is 168 g/mol. The lowest BCUT2D eigenvalue weighted by Gasteiger charge is -1.89. The van der Waals surface area contributed by atoms with Crippen LogP contribution < -0.4 is 0 Å². The molecule has 0 fully saturated rings. The van der Waals surface area contributed by atoms with Gasteiger partial charge >= 0.3 is 5.97 Å². The highest BCUT2D eigenvalue weighted by atomic mass is 16.5. The van der Waals surface area contributed by atoms with Gasteiger partial charge in [0, 0.05) is 6.20 Å². The maximum absolute atomic E-state index is 10.4. The number of methoxy groups -OCH3 is 1. The Morgan fingerprint density at radius 2 is 2.58 bits per heavy atom. The Balaban J connectivity index is 2.77. The Bertz CT molecular complexity index is 303. The number of carboxylic acid groups (broad SMARTS) is 1. The average Bonchev–Trinajstić information content (AvgIpc) is 2.48. The molecule has 0 aliphatic heterocycles. The molecule has 0 aliphatic carbocycles. The third-order valence-electron chi connectivity index (χ3n) is 1.18. The molecule has 5 nitrogen and oxygen atoms in total. The van der Waals surface area contributed by atoms with Gasteiger partial charge in [-0.3, -0.25) is 0 Å². The number of hydrogen-bond acceptors (Lipinski definition) is 3. The third-order valence-corrected chi connectivity index (χ3v) is 1.18. The van der Waals surface area contributed by atoms with Crippen molar-refractivity contribution in [2.45, 2.75) is 0 Å². The summed E-state index contributed by atoms with van der Waals surface area (Å²) in [5.41, 5.74) is 0.00996. The highest BCUT2D eigenvalue weighted by Crippen LogP contribution is 1.95. The second-order valence-corrected chi connectivity index (χ2v) is 2.01. The molecule has 64 valence electrons. The van der Waals surface area contributed by atoms with Gasteiger partial charge in [0.1, 0.15) is 6.26 Å². The van der Waals surface area contributed by atoms with E-state index in [-0.39, 0.29) is 5.69 Å². The van der Waals surface area contributed by atoms with E-state index in [1.165, 1.54) is 36.5 Å². The molecule has 0 unspecified atom stereocenters. The zero-order chi connectivity index (χ0) is 8.97. The first-order chi connectivity index (χ1) is 5.74. The van der Waals surface area contributed by atoms with E-state index in [2.05, 4.69) is 9.84 Å². The summed E-state index contributed by atoms with van der Waals surface area (Å²) in [7, 11) is 1.50. The normalized spacial score (nSPS) is 10.4. The SMILES string of the molecule is COC=Cn1ccc(C(=O)O)n1. The summed E-state index contributed by atoms with van der Waals surface area (Å²) in [4.78, 5) is 10.4. The molecule has 0 saturated heterocycles. The second-order valence-electron chi connectivity index (χ2n) is 2.01. The molecule has 0 saturated carbocycles. The van der Waals surface area contributed by atoms with Gasteiger partial charge in [-0.2, -0.15) is 5.10 Å². The van der Waals surface area contributed by atoms with Crippen molar-refractivity contribution in [3.63, 3.8) is 0 Å². The van der Waals surface area contributed by atoms with Gasteiger partial charge in [-0.25, -0.2) is 9.48 Å². The predicted molar refractivity (Wildman–Crippen MR) is 41.5 cm³/mol. The first-order valence-electron chi connectivity index (χ1n) is 3.22. The molecule has 0 bridgehead atoms. The van der Waals surface area contributed by atoms with Crippen molar-refractivity contribution in [3.05, 3.63) is 24.2 Å². The highest BCUT2D eigenvalue weighted by molar-refractivity contribution is 5.85. The number of carbonyl (C=O) groups is 1. The van der Waals surface area contributed by atoms with E-state index in [1.54, 1.807) is 0 Å². The topological polar surface area (TPSA) is 64.3 Å². The van der Waals surface area contributed by atoms with Crippen molar-refractivity contribution >= 4 is 12.2 Å². The summed E-state index contributed by atoms with van der Waals surface area (Å²) in [6, 6.07) is 1.41. The van der Waals surface area contributed by atoms with Crippen LogP contribution in [0.15, 0.2) is 18.5 Å². The van der Waals surface area contributed by atoms with Crippen molar-refractivity contribution < 1.29 is 14.6 Å². The molecule has 1 rings (SSSR count). The van der Waals surface area contributed by atoms with E-state index in [9.17, 15) is 4.79 Å². The van der Waals surface area contributed by atoms with Crippen molar-refractivity contribution in [2.24, 2.45) is 0 Å². The van der Waals surface area contributed by atoms with Gasteiger partial charge in [-0.1, -0.05) is 0 Å². The predicted octanol–water partition coefficient (Wildman–Crippen LogP) is 0.656. The lowest BCUT2D eigenvalue weighted by atomic mass is 10.5. The van der Waals surface area contributed by atoms with Crippen LogP contribution in [0, 0.1) is 0 Å². The third kappa shape index (κ3) is 1.85. The first kappa shape index (κ1) is 8.32. The zero-order valence-electron chi connectivity index (χ0n) is 6.47. The summed E-state index contributed by atoms with van der Waals surface area (Å²) in [5.74, 6) is -1.04. The Hall–Kier alpha value is -1.78. The number of rotatable bonds is 3. The zero-order valence-corrected chi connectivity index (χ0v) is 6.47. The summed E-state index contributed by atoms with van der Waals surface area (Å²) < 4.78 is 5.98. The largest absolute Gasteiger partial charge is 0.503 e. The maximum atomic E-state index is 10.4. The molecule has 1 aromatic rings. The van der Waals surface area contributed by atoms with Crippen LogP contribution in [0.1, 0.15) is 10.5 Å². The lowest BCUT2D eigenvalue weighted by Crippen LogP contribution is -1.98. The van der Waals surface area contributed by atoms with E-state index in [0.717, 1.165) is 0 Å². The molecule has 1 heterocycles. The fraction of sp³-hybridized carbons (Fsp3) is 0.143. The lowest BCUT2D eigenvalue weighted by molar-refractivity contribution is 0.0690. The minimum Gasteiger partial charge on any atom is -0.503 e. The van der Waals surface area contributed by atoms with Crippen LogP contribution in [-0.2, 0) is 4.74 Å². The van der Waals surface area contributed by atoms with Gasteiger partial charge in [-0.05, 0) is 6.07 Å². The van der Waals surface area contributed by atoms with Crippen molar-refractivity contribution in [3.8, 4) is 0 Å². The summed E-state index contributed by atoms with van der Waals surface area (Å²) in [6.07, 6.45) is 4.43. The molecular formula is C7H8N2O3. The summed E-state index contributed by atoms with van der Waals surface area (Å²) >= 11 is 0. The van der Waals surface area contributed by atoms with E-state index in [4.69, 9.17) is 5.11 Å². The van der Waals surface area contributed by atoms with Crippen LogP contribution in [0.4, 0.5) is 0 Å². The molecule has 0 radical (unpaired) electrons. The molecule has 0 amide bonds. The van der Waals surface area contributed by atoms with Crippen LogP contribution in [0.5, 0.6) is 0 Å². The van der Waals surface area contributed by atoms with Gasteiger partial charge in [0.25, 0.3) is 0 Å². The van der Waals surface area contributed by atoms with Crippen LogP contribution in [0.3, 0.4) is 0 Å². The van der Waals surface area contributed by atoms with Crippen LogP contribution in [0.2, 0.25) is 0 Å². The fourth-order valence-corrected chi connectivity index (χ4v) is 0.658. The standard InChI is InChI=1S/C7H8N2O3/c1-12-5-4-9-3-2-6(8-9)7(10)11/h2-5H,1H3,(H,10,11). The molecule has 1 N–H and O–H groups in total. The van der Waals surface area contributed by atoms with Crippen molar-refractivity contribution in [1.82, 2.24) is 9.78 Å². The number of hydrogen-bond donors (Lipinski definition) is 1. The second kappa shape index (κ2) is 3.56. The Morgan fingerprint density at radius 1 is 1.83 bits per heavy atom. The quantitative estimate of drug-likeness (QED) is 0.673. The van der Waals surface area contributed by atoms with Gasteiger partial charge in [0.15, 0.2) is 5.69 Å². The van der Waals surface area contributed by atoms with Gasteiger partial charge in [0.05, 0.1) is 13.3 Å². The summed E-state index contributed by atoms with van der Waals surface area (Å²) in [5, 5.41) is 12.2. The van der Waals surface area contributed by atoms with E-state index >= 15 is 0 Å². The van der Waals surface area contributed by atoms with Gasteiger partial charge in [-0.15, -0.1) is 0 Å². The highest BCUT2D eigenvalue weighted by Gasteiger charge is 2.04. The Kier molecular flexibility index (Phi) is 2.47. The van der Waals surface area contributed by atoms with Gasteiger partial charge in [0.2, 0.25) is 0 Å². The molecule has 0 spiro atoms. The Labute approximate surface area is 68.9 Å². The van der Waals surface area contributed by atoms with E-state index < -0.39 is 5.97 Å². The molecular weight excluding hydrogens is 160 g/mol. The number of ether oxygens (including phenoxy) is 1. The molecule has 5 heteroatoms. The van der Waals surface area contributed by atoms with Crippen molar-refractivity contribution in [2.75, 3.05) is 7.11 Å².